The van der Waals surface area contributed by atoms with Crippen LogP contribution >= 0.6 is 0 Å². The Morgan fingerprint density at radius 1 is 1.23 bits per heavy atom. The van der Waals surface area contributed by atoms with Crippen molar-refractivity contribution in [3.8, 4) is 0 Å². The number of aryl methyl sites for hydroxylation is 3. The lowest BCUT2D eigenvalue weighted by atomic mass is 10.1. The smallest absolute Gasteiger partial charge is 0.330 e. The van der Waals surface area contributed by atoms with Crippen molar-refractivity contribution >= 4 is 28.0 Å². The quantitative estimate of drug-likeness (QED) is 0.486. The summed E-state index contributed by atoms with van der Waals surface area (Å²) in [6, 6.07) is 7.72. The predicted molar refractivity (Wildman–Crippen MR) is 122 cm³/mol. The first kappa shape index (κ1) is 20.9. The van der Waals surface area contributed by atoms with Crippen molar-refractivity contribution in [2.45, 2.75) is 52.6 Å². The number of carboxylic acid groups (broad SMARTS) is 1. The Morgan fingerprint density at radius 3 is 2.71 bits per heavy atom. The molecule has 0 aliphatic rings. The van der Waals surface area contributed by atoms with Gasteiger partial charge in [-0.3, -0.25) is 13.9 Å². The Hall–Kier alpha value is -3.35. The molecule has 0 fully saturated rings. The number of aromatic nitrogens is 4. The van der Waals surface area contributed by atoms with Crippen LogP contribution in [0.25, 0.3) is 22.1 Å². The van der Waals surface area contributed by atoms with Crippen LogP contribution in [0.5, 0.6) is 0 Å². The molecule has 0 radical (unpaired) electrons. The van der Waals surface area contributed by atoms with Gasteiger partial charge < -0.3 is 9.67 Å². The average molecular weight is 421 g/mol. The van der Waals surface area contributed by atoms with E-state index in [0.717, 1.165) is 39.5 Å². The summed E-state index contributed by atoms with van der Waals surface area (Å²) in [7, 11) is 2.01. The summed E-state index contributed by atoms with van der Waals surface area (Å²) >= 11 is 0. The number of rotatable bonds is 7. The van der Waals surface area contributed by atoms with Gasteiger partial charge in [-0.1, -0.05) is 25.5 Å². The number of aliphatic carboxylic acids is 1. The Labute approximate surface area is 180 Å². The minimum absolute atomic E-state index is 0.101. The minimum Gasteiger partial charge on any atom is -0.481 e. The van der Waals surface area contributed by atoms with E-state index in [2.05, 4.69) is 34.8 Å². The van der Waals surface area contributed by atoms with Crippen molar-refractivity contribution in [1.82, 2.24) is 18.7 Å². The number of carbonyl (C=O) groups is 1. The molecule has 4 rings (SSSR count). The van der Waals surface area contributed by atoms with Gasteiger partial charge in [0.15, 0.2) is 5.65 Å². The van der Waals surface area contributed by atoms with E-state index >= 15 is 0 Å². The summed E-state index contributed by atoms with van der Waals surface area (Å²) in [4.78, 5) is 29.7. The Balaban J connectivity index is 1.93. The first-order chi connectivity index (χ1) is 14.8. The SMILES string of the molecule is CCCC(CC(=O)O)n1c(=O)n(Cc2cn(C)c3cccc(C)c23)c2cc(C)cnc21. The normalized spacial score (nSPS) is 12.6. The molecule has 1 atom stereocenters. The molecular formula is C24H28N4O3. The summed E-state index contributed by atoms with van der Waals surface area (Å²) in [5.74, 6) is -0.914. The minimum atomic E-state index is -0.914. The number of hydrogen-bond donors (Lipinski definition) is 1. The topological polar surface area (TPSA) is 82.0 Å². The number of carboxylic acids is 1. The van der Waals surface area contributed by atoms with E-state index in [1.807, 2.05) is 33.0 Å². The molecule has 0 aliphatic heterocycles. The second-order valence-corrected chi connectivity index (χ2v) is 8.37. The fourth-order valence-electron chi connectivity index (χ4n) is 4.62. The third-order valence-corrected chi connectivity index (χ3v) is 5.97. The Bertz CT molecular complexity index is 1340. The zero-order valence-electron chi connectivity index (χ0n) is 18.4. The Kier molecular flexibility index (Phi) is 5.43. The lowest BCUT2D eigenvalue weighted by molar-refractivity contribution is -0.137. The Morgan fingerprint density at radius 2 is 2.00 bits per heavy atom. The van der Waals surface area contributed by atoms with Crippen LogP contribution in [0.4, 0.5) is 0 Å². The molecule has 0 saturated carbocycles. The van der Waals surface area contributed by atoms with E-state index in [-0.39, 0.29) is 12.1 Å². The highest BCUT2D eigenvalue weighted by Gasteiger charge is 2.24. The van der Waals surface area contributed by atoms with Gasteiger partial charge in [0, 0.05) is 30.3 Å². The number of hydrogen-bond acceptors (Lipinski definition) is 3. The van der Waals surface area contributed by atoms with Crippen molar-refractivity contribution in [2.24, 2.45) is 7.05 Å². The summed E-state index contributed by atoms with van der Waals surface area (Å²) in [6.45, 7) is 6.42. The maximum absolute atomic E-state index is 13.6. The van der Waals surface area contributed by atoms with E-state index < -0.39 is 12.0 Å². The molecule has 162 valence electrons. The van der Waals surface area contributed by atoms with E-state index in [9.17, 15) is 14.7 Å². The van der Waals surface area contributed by atoms with Gasteiger partial charge in [-0.25, -0.2) is 9.78 Å². The lowest BCUT2D eigenvalue weighted by Gasteiger charge is -2.15. The maximum Gasteiger partial charge on any atom is 0.330 e. The van der Waals surface area contributed by atoms with Crippen molar-refractivity contribution in [1.29, 1.82) is 0 Å². The van der Waals surface area contributed by atoms with Gasteiger partial charge >= 0.3 is 11.7 Å². The number of pyridine rings is 1. The molecule has 0 saturated heterocycles. The highest BCUT2D eigenvalue weighted by atomic mass is 16.4. The van der Waals surface area contributed by atoms with Crippen LogP contribution in [0.3, 0.4) is 0 Å². The molecule has 1 N–H and O–H groups in total. The van der Waals surface area contributed by atoms with E-state index in [1.54, 1.807) is 15.3 Å². The highest BCUT2D eigenvalue weighted by Crippen LogP contribution is 2.27. The molecule has 7 nitrogen and oxygen atoms in total. The summed E-state index contributed by atoms with van der Waals surface area (Å²) in [6.07, 6.45) is 5.08. The summed E-state index contributed by atoms with van der Waals surface area (Å²) in [5, 5.41) is 10.6. The molecule has 3 heterocycles. The van der Waals surface area contributed by atoms with Crippen LogP contribution in [0, 0.1) is 13.8 Å². The predicted octanol–water partition coefficient (Wildman–Crippen LogP) is 4.17. The van der Waals surface area contributed by atoms with Gasteiger partial charge in [-0.05, 0) is 49.1 Å². The third-order valence-electron chi connectivity index (χ3n) is 5.97. The molecule has 0 spiro atoms. The molecule has 1 aromatic carbocycles. The molecule has 0 bridgehead atoms. The number of imidazole rings is 1. The number of fused-ring (bicyclic) bond motifs is 2. The van der Waals surface area contributed by atoms with Crippen LogP contribution in [0.1, 0.15) is 48.9 Å². The van der Waals surface area contributed by atoms with Crippen LogP contribution in [0.2, 0.25) is 0 Å². The van der Waals surface area contributed by atoms with Crippen LogP contribution in [0.15, 0.2) is 41.5 Å². The standard InChI is InChI=1S/C24H28N4O3/c1-5-7-18(11-21(29)30)28-23-20(10-15(2)12-25-23)27(24(28)31)14-17-13-26(4)19-9-6-8-16(3)22(17)19/h6,8-10,12-13,18H,5,7,11,14H2,1-4H3,(H,29,30). The molecule has 3 aromatic heterocycles. The maximum atomic E-state index is 13.6. The van der Waals surface area contributed by atoms with Crippen molar-refractivity contribution < 1.29 is 9.90 Å². The first-order valence-electron chi connectivity index (χ1n) is 10.6. The van der Waals surface area contributed by atoms with Gasteiger partial charge in [0.1, 0.15) is 0 Å². The largest absolute Gasteiger partial charge is 0.481 e. The van der Waals surface area contributed by atoms with Crippen molar-refractivity contribution in [2.75, 3.05) is 0 Å². The molecule has 4 aromatic rings. The zero-order valence-corrected chi connectivity index (χ0v) is 18.4. The van der Waals surface area contributed by atoms with Gasteiger partial charge in [-0.15, -0.1) is 0 Å². The van der Waals surface area contributed by atoms with Crippen LogP contribution in [-0.4, -0.2) is 29.8 Å². The third kappa shape index (κ3) is 3.65. The van der Waals surface area contributed by atoms with E-state index in [0.29, 0.717) is 18.6 Å². The second kappa shape index (κ2) is 8.06. The van der Waals surface area contributed by atoms with E-state index in [4.69, 9.17) is 0 Å². The molecular weight excluding hydrogens is 392 g/mol. The summed E-state index contributed by atoms with van der Waals surface area (Å²) in [5.41, 5.74) is 5.37. The molecule has 7 heteroatoms. The van der Waals surface area contributed by atoms with E-state index in [1.165, 1.54) is 0 Å². The number of benzene rings is 1. The second-order valence-electron chi connectivity index (χ2n) is 8.37. The monoisotopic (exact) mass is 420 g/mol. The van der Waals surface area contributed by atoms with Gasteiger partial charge in [0.05, 0.1) is 24.5 Å². The van der Waals surface area contributed by atoms with Crippen molar-refractivity contribution in [3.63, 3.8) is 0 Å². The van der Waals surface area contributed by atoms with Crippen LogP contribution < -0.4 is 5.69 Å². The fourth-order valence-corrected chi connectivity index (χ4v) is 4.62. The van der Waals surface area contributed by atoms with Gasteiger partial charge in [0.2, 0.25) is 0 Å². The molecule has 31 heavy (non-hydrogen) atoms. The van der Waals surface area contributed by atoms with Crippen molar-refractivity contribution in [3.05, 3.63) is 63.8 Å². The first-order valence-corrected chi connectivity index (χ1v) is 10.6. The summed E-state index contributed by atoms with van der Waals surface area (Å²) < 4.78 is 5.40. The highest BCUT2D eigenvalue weighted by molar-refractivity contribution is 5.87. The lowest BCUT2D eigenvalue weighted by Crippen LogP contribution is -2.29. The zero-order chi connectivity index (χ0) is 22.3. The average Bonchev–Trinajstić information content (AvgIpc) is 3.17. The van der Waals surface area contributed by atoms with Crippen LogP contribution in [-0.2, 0) is 18.4 Å². The molecule has 0 amide bonds. The molecule has 0 aliphatic carbocycles. The van der Waals surface area contributed by atoms with Gasteiger partial charge in [-0.2, -0.15) is 0 Å². The van der Waals surface area contributed by atoms with Gasteiger partial charge in [0.25, 0.3) is 0 Å². The number of nitrogens with zero attached hydrogens (tertiary/aromatic N) is 4. The molecule has 1 unspecified atom stereocenters. The fraction of sp³-hybridized carbons (Fsp3) is 0.375.